The quantitative estimate of drug-likeness (QED) is 0.676. The predicted octanol–water partition coefficient (Wildman–Crippen LogP) is 2.33. The number of benzene rings is 1. The molecule has 1 nitrogen and oxygen atoms in total. The Labute approximate surface area is 81.2 Å². The van der Waals surface area contributed by atoms with Crippen LogP contribution >= 0.6 is 11.3 Å². The minimum absolute atomic E-state index is 0.353. The average molecular weight is 189 g/mol. The fraction of sp³-hybridized carbons (Fsp3) is 0.273. The maximum atomic E-state index is 5.92. The molecule has 2 heteroatoms. The molecular formula is C11H11NS. The van der Waals surface area contributed by atoms with Gasteiger partial charge in [0, 0.05) is 10.7 Å². The Morgan fingerprint density at radius 3 is 2.85 bits per heavy atom. The highest BCUT2D eigenvalue weighted by Gasteiger charge is 2.18. The molecule has 0 aliphatic heterocycles. The van der Waals surface area contributed by atoms with Gasteiger partial charge in [-0.25, -0.2) is 0 Å². The molecule has 2 N–H and O–H groups in total. The van der Waals surface area contributed by atoms with Gasteiger partial charge in [-0.2, -0.15) is 0 Å². The third kappa shape index (κ3) is 1.10. The molecule has 1 unspecified atom stereocenters. The zero-order valence-corrected chi connectivity index (χ0v) is 8.10. The Kier molecular flexibility index (Phi) is 1.49. The van der Waals surface area contributed by atoms with Crippen LogP contribution in [0, 0.1) is 0 Å². The van der Waals surface area contributed by atoms with Crippen LogP contribution in [-0.4, -0.2) is 6.04 Å². The van der Waals surface area contributed by atoms with E-state index in [-0.39, 0.29) is 0 Å². The summed E-state index contributed by atoms with van der Waals surface area (Å²) in [5, 5.41) is 3.53. The van der Waals surface area contributed by atoms with Crippen LogP contribution in [0.3, 0.4) is 0 Å². The third-order valence-corrected chi connectivity index (χ3v) is 3.62. The smallest absolute Gasteiger partial charge is 0.0345 e. The second kappa shape index (κ2) is 2.56. The van der Waals surface area contributed by atoms with Crippen LogP contribution in [-0.2, 0) is 12.8 Å². The van der Waals surface area contributed by atoms with Gasteiger partial charge in [-0.3, -0.25) is 0 Å². The number of hydrogen-bond acceptors (Lipinski definition) is 2. The van der Waals surface area contributed by atoms with Crippen molar-refractivity contribution < 1.29 is 0 Å². The maximum absolute atomic E-state index is 5.92. The average Bonchev–Trinajstić information content (AvgIpc) is 2.63. The molecule has 0 amide bonds. The normalized spacial score (nSPS) is 20.8. The van der Waals surface area contributed by atoms with E-state index in [4.69, 9.17) is 5.73 Å². The van der Waals surface area contributed by atoms with Crippen molar-refractivity contribution in [2.45, 2.75) is 18.9 Å². The van der Waals surface area contributed by atoms with Crippen LogP contribution in [0.5, 0.6) is 0 Å². The van der Waals surface area contributed by atoms with Crippen LogP contribution in [0.2, 0.25) is 0 Å². The summed E-state index contributed by atoms with van der Waals surface area (Å²) < 4.78 is 1.40. The predicted molar refractivity (Wildman–Crippen MR) is 57.2 cm³/mol. The molecule has 1 aromatic heterocycles. The number of hydrogen-bond donors (Lipinski definition) is 1. The first kappa shape index (κ1) is 7.54. The summed E-state index contributed by atoms with van der Waals surface area (Å²) >= 11 is 1.81. The molecule has 1 aromatic carbocycles. The summed E-state index contributed by atoms with van der Waals surface area (Å²) in [5.41, 5.74) is 8.84. The fourth-order valence-electron chi connectivity index (χ4n) is 2.12. The minimum Gasteiger partial charge on any atom is -0.327 e. The summed E-state index contributed by atoms with van der Waals surface area (Å²) in [6, 6.07) is 7.15. The standard InChI is InChI=1S/C11H11NS/c12-10-4-8-3-7-1-2-13-11(7)6-9(8)5-10/h1-3,6,10H,4-5,12H2. The molecule has 0 fully saturated rings. The van der Waals surface area contributed by atoms with Crippen LogP contribution in [0.1, 0.15) is 11.1 Å². The van der Waals surface area contributed by atoms with Gasteiger partial charge < -0.3 is 5.73 Å². The van der Waals surface area contributed by atoms with E-state index in [0.717, 1.165) is 12.8 Å². The molecule has 3 rings (SSSR count). The second-order valence-electron chi connectivity index (χ2n) is 3.75. The van der Waals surface area contributed by atoms with Gasteiger partial charge in [-0.15, -0.1) is 11.3 Å². The van der Waals surface area contributed by atoms with Gasteiger partial charge in [-0.05, 0) is 52.9 Å². The van der Waals surface area contributed by atoms with E-state index in [1.807, 2.05) is 11.3 Å². The zero-order chi connectivity index (χ0) is 8.84. The Hall–Kier alpha value is -0.860. The maximum Gasteiger partial charge on any atom is 0.0345 e. The largest absolute Gasteiger partial charge is 0.327 e. The van der Waals surface area contributed by atoms with Crippen molar-refractivity contribution >= 4 is 21.4 Å². The SMILES string of the molecule is NC1Cc2cc3ccsc3cc2C1. The number of fused-ring (bicyclic) bond motifs is 2. The first-order chi connectivity index (χ1) is 6.33. The lowest BCUT2D eigenvalue weighted by atomic mass is 10.1. The fourth-order valence-corrected chi connectivity index (χ4v) is 2.95. The molecular weight excluding hydrogens is 178 g/mol. The molecule has 0 spiro atoms. The summed E-state index contributed by atoms with van der Waals surface area (Å²) in [6.45, 7) is 0. The van der Waals surface area contributed by atoms with E-state index >= 15 is 0 Å². The van der Waals surface area contributed by atoms with Crippen molar-refractivity contribution in [2.75, 3.05) is 0 Å². The molecule has 66 valence electrons. The van der Waals surface area contributed by atoms with Crippen molar-refractivity contribution in [3.05, 3.63) is 34.7 Å². The van der Waals surface area contributed by atoms with E-state index in [2.05, 4.69) is 23.6 Å². The molecule has 1 heterocycles. The monoisotopic (exact) mass is 189 g/mol. The van der Waals surface area contributed by atoms with E-state index in [1.165, 1.54) is 21.2 Å². The Morgan fingerprint density at radius 1 is 1.23 bits per heavy atom. The number of nitrogens with two attached hydrogens (primary N) is 1. The van der Waals surface area contributed by atoms with E-state index in [9.17, 15) is 0 Å². The molecule has 2 aromatic rings. The minimum atomic E-state index is 0.353. The van der Waals surface area contributed by atoms with E-state index in [1.54, 1.807) is 0 Å². The highest BCUT2D eigenvalue weighted by molar-refractivity contribution is 7.17. The van der Waals surface area contributed by atoms with Gasteiger partial charge in [0.15, 0.2) is 0 Å². The zero-order valence-electron chi connectivity index (χ0n) is 7.29. The molecule has 0 saturated heterocycles. The summed E-state index contributed by atoms with van der Waals surface area (Å²) in [7, 11) is 0. The summed E-state index contributed by atoms with van der Waals surface area (Å²) in [4.78, 5) is 0. The molecule has 1 aliphatic rings. The van der Waals surface area contributed by atoms with Crippen molar-refractivity contribution in [3.63, 3.8) is 0 Å². The molecule has 13 heavy (non-hydrogen) atoms. The van der Waals surface area contributed by atoms with Gasteiger partial charge in [0.2, 0.25) is 0 Å². The molecule has 0 bridgehead atoms. The van der Waals surface area contributed by atoms with E-state index < -0.39 is 0 Å². The van der Waals surface area contributed by atoms with Gasteiger partial charge >= 0.3 is 0 Å². The molecule has 1 aliphatic carbocycles. The van der Waals surface area contributed by atoms with E-state index in [0.29, 0.717) is 6.04 Å². The highest BCUT2D eigenvalue weighted by atomic mass is 32.1. The topological polar surface area (TPSA) is 26.0 Å². The number of thiophene rings is 1. The van der Waals surface area contributed by atoms with Crippen molar-refractivity contribution in [3.8, 4) is 0 Å². The lowest BCUT2D eigenvalue weighted by Gasteiger charge is -1.97. The third-order valence-electron chi connectivity index (χ3n) is 2.74. The highest BCUT2D eigenvalue weighted by Crippen LogP contribution is 2.29. The van der Waals surface area contributed by atoms with Crippen molar-refractivity contribution in [1.82, 2.24) is 0 Å². The first-order valence-electron chi connectivity index (χ1n) is 4.57. The Balaban J connectivity index is 2.27. The lowest BCUT2D eigenvalue weighted by molar-refractivity contribution is 0.721. The molecule has 1 atom stereocenters. The summed E-state index contributed by atoms with van der Waals surface area (Å²) in [6.07, 6.45) is 2.12. The lowest BCUT2D eigenvalue weighted by Crippen LogP contribution is -2.18. The van der Waals surface area contributed by atoms with Crippen molar-refractivity contribution in [1.29, 1.82) is 0 Å². The first-order valence-corrected chi connectivity index (χ1v) is 5.45. The second-order valence-corrected chi connectivity index (χ2v) is 4.70. The van der Waals surface area contributed by atoms with Gasteiger partial charge in [0.1, 0.15) is 0 Å². The van der Waals surface area contributed by atoms with Gasteiger partial charge in [0.25, 0.3) is 0 Å². The molecule has 0 saturated carbocycles. The number of rotatable bonds is 0. The Bertz CT molecular complexity index is 418. The van der Waals surface area contributed by atoms with Gasteiger partial charge in [0.05, 0.1) is 0 Å². The van der Waals surface area contributed by atoms with Crippen molar-refractivity contribution in [2.24, 2.45) is 5.73 Å². The Morgan fingerprint density at radius 2 is 2.00 bits per heavy atom. The van der Waals surface area contributed by atoms with Crippen LogP contribution in [0.4, 0.5) is 0 Å². The summed E-state index contributed by atoms with van der Waals surface area (Å²) in [5.74, 6) is 0. The van der Waals surface area contributed by atoms with Gasteiger partial charge in [-0.1, -0.05) is 0 Å². The molecule has 0 radical (unpaired) electrons. The van der Waals surface area contributed by atoms with Crippen LogP contribution in [0.25, 0.3) is 10.1 Å². The van der Waals surface area contributed by atoms with Crippen LogP contribution < -0.4 is 5.73 Å². The van der Waals surface area contributed by atoms with Crippen LogP contribution in [0.15, 0.2) is 23.6 Å².